The predicted molar refractivity (Wildman–Crippen MR) is 120 cm³/mol. The molecule has 0 atom stereocenters. The SMILES string of the molecule is CC(C)Cc1cc(-c2cccc(Cc3ccccc3)c2)ncc1[Si](C)(C)C. The van der Waals surface area contributed by atoms with Crippen molar-refractivity contribution in [3.05, 3.63) is 83.6 Å². The molecule has 3 rings (SSSR count). The smallest absolute Gasteiger partial charge is 0.0799 e. The van der Waals surface area contributed by atoms with Gasteiger partial charge in [-0.25, -0.2) is 0 Å². The van der Waals surface area contributed by atoms with E-state index in [0.717, 1.165) is 18.5 Å². The van der Waals surface area contributed by atoms with Gasteiger partial charge in [-0.1, -0.05) is 82.0 Å². The average molecular weight is 374 g/mol. The van der Waals surface area contributed by atoms with Gasteiger partial charge in [0.2, 0.25) is 0 Å². The van der Waals surface area contributed by atoms with Gasteiger partial charge < -0.3 is 0 Å². The van der Waals surface area contributed by atoms with Crippen LogP contribution in [0.5, 0.6) is 0 Å². The van der Waals surface area contributed by atoms with E-state index in [1.165, 1.54) is 27.4 Å². The van der Waals surface area contributed by atoms with Crippen LogP contribution in [0.1, 0.15) is 30.5 Å². The highest BCUT2D eigenvalue weighted by atomic mass is 28.3. The van der Waals surface area contributed by atoms with Crippen molar-refractivity contribution in [1.29, 1.82) is 0 Å². The summed E-state index contributed by atoms with van der Waals surface area (Å²) in [6.45, 7) is 11.8. The second kappa shape index (κ2) is 8.22. The zero-order valence-corrected chi connectivity index (χ0v) is 18.3. The Hall–Kier alpha value is -2.19. The lowest BCUT2D eigenvalue weighted by atomic mass is 9.99. The quantitative estimate of drug-likeness (QED) is 0.477. The Balaban J connectivity index is 1.95. The van der Waals surface area contributed by atoms with Crippen LogP contribution in [-0.4, -0.2) is 13.1 Å². The van der Waals surface area contributed by atoms with Gasteiger partial charge in [-0.15, -0.1) is 0 Å². The predicted octanol–water partition coefficient (Wildman–Crippen LogP) is 6.08. The lowest BCUT2D eigenvalue weighted by Gasteiger charge is -2.22. The second-order valence-electron chi connectivity index (χ2n) is 8.94. The first-order valence-electron chi connectivity index (χ1n) is 9.95. The first-order chi connectivity index (χ1) is 12.8. The normalized spacial score (nSPS) is 11.8. The molecule has 0 aliphatic carbocycles. The summed E-state index contributed by atoms with van der Waals surface area (Å²) < 4.78 is 0. The number of benzene rings is 2. The number of pyridine rings is 1. The van der Waals surface area contributed by atoms with Gasteiger partial charge in [-0.2, -0.15) is 0 Å². The van der Waals surface area contributed by atoms with E-state index in [1.807, 2.05) is 0 Å². The van der Waals surface area contributed by atoms with E-state index in [4.69, 9.17) is 4.98 Å². The Labute approximate surface area is 165 Å². The van der Waals surface area contributed by atoms with E-state index in [0.29, 0.717) is 5.92 Å². The molecule has 0 radical (unpaired) electrons. The fourth-order valence-electron chi connectivity index (χ4n) is 3.61. The number of rotatable bonds is 6. The summed E-state index contributed by atoms with van der Waals surface area (Å²) in [4.78, 5) is 4.87. The van der Waals surface area contributed by atoms with Crippen LogP contribution < -0.4 is 5.19 Å². The van der Waals surface area contributed by atoms with Gasteiger partial charge in [-0.3, -0.25) is 4.98 Å². The fourth-order valence-corrected chi connectivity index (χ4v) is 5.20. The van der Waals surface area contributed by atoms with Crippen LogP contribution in [0.15, 0.2) is 66.9 Å². The van der Waals surface area contributed by atoms with E-state index in [1.54, 1.807) is 0 Å². The van der Waals surface area contributed by atoms with E-state index >= 15 is 0 Å². The lowest BCUT2D eigenvalue weighted by molar-refractivity contribution is 0.649. The molecule has 0 fully saturated rings. The molecular weight excluding hydrogens is 342 g/mol. The van der Waals surface area contributed by atoms with Gasteiger partial charge in [0.05, 0.1) is 13.8 Å². The molecule has 0 unspecified atom stereocenters. The molecule has 1 aromatic heterocycles. The molecule has 2 heteroatoms. The van der Waals surface area contributed by atoms with Crippen molar-refractivity contribution in [2.45, 2.75) is 46.3 Å². The molecule has 1 heterocycles. The third-order valence-electron chi connectivity index (χ3n) is 4.90. The van der Waals surface area contributed by atoms with Crippen LogP contribution in [0, 0.1) is 5.92 Å². The van der Waals surface area contributed by atoms with Crippen LogP contribution in [0.25, 0.3) is 11.3 Å². The molecule has 3 aromatic rings. The van der Waals surface area contributed by atoms with Crippen molar-refractivity contribution in [2.75, 3.05) is 0 Å². The molecular formula is C25H31NSi. The first-order valence-corrected chi connectivity index (χ1v) is 13.5. The fraction of sp³-hybridized carbons (Fsp3) is 0.320. The molecule has 0 N–H and O–H groups in total. The molecule has 140 valence electrons. The summed E-state index contributed by atoms with van der Waals surface area (Å²) in [7, 11) is -1.39. The summed E-state index contributed by atoms with van der Waals surface area (Å²) in [5.74, 6) is 0.653. The molecule has 27 heavy (non-hydrogen) atoms. The van der Waals surface area contributed by atoms with E-state index in [2.05, 4.69) is 100 Å². The third-order valence-corrected chi connectivity index (χ3v) is 6.97. The van der Waals surface area contributed by atoms with E-state index < -0.39 is 8.07 Å². The maximum absolute atomic E-state index is 4.87. The van der Waals surface area contributed by atoms with E-state index in [-0.39, 0.29) is 0 Å². The maximum Gasteiger partial charge on any atom is 0.0799 e. The highest BCUT2D eigenvalue weighted by molar-refractivity contribution is 6.89. The summed E-state index contributed by atoms with van der Waals surface area (Å²) in [6.07, 6.45) is 4.24. The second-order valence-corrected chi connectivity index (χ2v) is 14.0. The molecule has 0 amide bonds. The van der Waals surface area contributed by atoms with Gasteiger partial charge >= 0.3 is 0 Å². The number of nitrogens with zero attached hydrogens (tertiary/aromatic N) is 1. The zero-order valence-electron chi connectivity index (χ0n) is 17.3. The number of hydrogen-bond acceptors (Lipinski definition) is 1. The molecule has 0 aliphatic heterocycles. The highest BCUT2D eigenvalue weighted by Crippen LogP contribution is 2.22. The molecule has 0 bridgehead atoms. The Bertz CT molecular complexity index is 892. The summed E-state index contributed by atoms with van der Waals surface area (Å²) in [5.41, 5.74) is 6.48. The van der Waals surface area contributed by atoms with Crippen LogP contribution in [0.2, 0.25) is 19.6 Å². The number of aromatic nitrogens is 1. The third kappa shape index (κ3) is 5.17. The zero-order chi connectivity index (χ0) is 19.4. The Morgan fingerprint density at radius 1 is 0.852 bits per heavy atom. The van der Waals surface area contributed by atoms with Gasteiger partial charge in [0.1, 0.15) is 0 Å². The topological polar surface area (TPSA) is 12.9 Å². The van der Waals surface area contributed by atoms with E-state index in [9.17, 15) is 0 Å². The minimum atomic E-state index is -1.39. The Morgan fingerprint density at radius 3 is 2.22 bits per heavy atom. The average Bonchev–Trinajstić information content (AvgIpc) is 2.61. The van der Waals surface area contributed by atoms with Crippen LogP contribution >= 0.6 is 0 Å². The largest absolute Gasteiger partial charge is 0.256 e. The molecule has 0 spiro atoms. The molecule has 0 aliphatic rings. The van der Waals surface area contributed by atoms with Crippen molar-refractivity contribution < 1.29 is 0 Å². The van der Waals surface area contributed by atoms with Gasteiger partial charge in [0.15, 0.2) is 0 Å². The van der Waals surface area contributed by atoms with Crippen LogP contribution in [-0.2, 0) is 12.8 Å². The van der Waals surface area contributed by atoms with Crippen LogP contribution in [0.3, 0.4) is 0 Å². The summed E-state index contributed by atoms with van der Waals surface area (Å²) >= 11 is 0. The molecule has 2 aromatic carbocycles. The Morgan fingerprint density at radius 2 is 1.56 bits per heavy atom. The molecule has 0 saturated carbocycles. The lowest BCUT2D eigenvalue weighted by Crippen LogP contribution is -2.40. The van der Waals surface area contributed by atoms with Gasteiger partial charge in [0.25, 0.3) is 0 Å². The number of hydrogen-bond donors (Lipinski definition) is 0. The minimum Gasteiger partial charge on any atom is -0.256 e. The molecule has 1 nitrogen and oxygen atoms in total. The van der Waals surface area contributed by atoms with Gasteiger partial charge in [-0.05, 0) is 52.8 Å². The van der Waals surface area contributed by atoms with Crippen molar-refractivity contribution in [3.63, 3.8) is 0 Å². The minimum absolute atomic E-state index is 0.653. The molecule has 0 saturated heterocycles. The van der Waals surface area contributed by atoms with Crippen molar-refractivity contribution in [3.8, 4) is 11.3 Å². The van der Waals surface area contributed by atoms with Gasteiger partial charge in [0, 0.05) is 11.8 Å². The summed E-state index contributed by atoms with van der Waals surface area (Å²) in [5, 5.41) is 1.50. The standard InChI is InChI=1S/C25H31NSi/c1-19(2)14-23-17-24(26-18-25(23)27(3,4)5)22-13-9-12-21(16-22)15-20-10-7-6-8-11-20/h6-13,16-19H,14-15H2,1-5H3. The van der Waals surface area contributed by atoms with Crippen molar-refractivity contribution in [2.24, 2.45) is 5.92 Å². The van der Waals surface area contributed by atoms with Crippen molar-refractivity contribution in [1.82, 2.24) is 4.98 Å². The monoisotopic (exact) mass is 373 g/mol. The maximum atomic E-state index is 4.87. The van der Waals surface area contributed by atoms with Crippen LogP contribution in [0.4, 0.5) is 0 Å². The Kier molecular flexibility index (Phi) is 5.96. The first kappa shape index (κ1) is 19.6. The van der Waals surface area contributed by atoms with Crippen molar-refractivity contribution >= 4 is 13.3 Å². The highest BCUT2D eigenvalue weighted by Gasteiger charge is 2.21. The summed E-state index contributed by atoms with van der Waals surface area (Å²) in [6, 6.07) is 21.8.